The molecular formula is C6H9N3OS. The number of rotatable bonds is 1. The average molecular weight is 171 g/mol. The van der Waals surface area contributed by atoms with Gasteiger partial charge in [0.2, 0.25) is 0 Å². The maximum absolute atomic E-state index is 11.1. The molecule has 2 N–H and O–H groups in total. The first-order chi connectivity index (χ1) is 5.20. The van der Waals surface area contributed by atoms with Crippen molar-refractivity contribution in [2.75, 3.05) is 0 Å². The fourth-order valence-corrected chi connectivity index (χ4v) is 1.55. The molecule has 0 amide bonds. The van der Waals surface area contributed by atoms with Crippen LogP contribution in [0.2, 0.25) is 0 Å². The summed E-state index contributed by atoms with van der Waals surface area (Å²) in [4.78, 5) is 11.1. The summed E-state index contributed by atoms with van der Waals surface area (Å²) < 4.78 is 2.12. The summed E-state index contributed by atoms with van der Waals surface area (Å²) in [6.07, 6.45) is 1.06. The van der Waals surface area contributed by atoms with E-state index in [0.29, 0.717) is 16.7 Å². The highest BCUT2D eigenvalue weighted by Gasteiger charge is 2.36. The second-order valence-electron chi connectivity index (χ2n) is 3.01. The lowest BCUT2D eigenvalue weighted by molar-refractivity contribution is 0.653. The number of aromatic nitrogens is 3. The molecule has 0 bridgehead atoms. The summed E-state index contributed by atoms with van der Waals surface area (Å²) in [5, 5.41) is 5.08. The van der Waals surface area contributed by atoms with Crippen molar-refractivity contribution in [2.45, 2.75) is 19.4 Å². The monoisotopic (exact) mass is 171 g/mol. The van der Waals surface area contributed by atoms with Gasteiger partial charge in [0.15, 0.2) is 4.77 Å². The lowest BCUT2D eigenvalue weighted by Gasteiger charge is -1.93. The Morgan fingerprint density at radius 3 is 2.64 bits per heavy atom. The average Bonchev–Trinajstić information content (AvgIpc) is 2.54. The summed E-state index contributed by atoms with van der Waals surface area (Å²) in [6, 6.07) is 0.331. The molecule has 1 aliphatic rings. The van der Waals surface area contributed by atoms with E-state index in [0.717, 1.165) is 6.42 Å². The molecule has 1 fully saturated rings. The van der Waals surface area contributed by atoms with E-state index in [-0.39, 0.29) is 5.69 Å². The van der Waals surface area contributed by atoms with Crippen molar-refractivity contribution < 1.29 is 0 Å². The van der Waals surface area contributed by atoms with Crippen molar-refractivity contribution in [2.24, 2.45) is 5.92 Å². The van der Waals surface area contributed by atoms with E-state index in [1.807, 2.05) is 0 Å². The second-order valence-corrected chi connectivity index (χ2v) is 3.40. The first-order valence-electron chi connectivity index (χ1n) is 3.59. The van der Waals surface area contributed by atoms with Gasteiger partial charge in [-0.1, -0.05) is 6.92 Å². The molecule has 2 unspecified atom stereocenters. The van der Waals surface area contributed by atoms with Crippen LogP contribution in [0.25, 0.3) is 0 Å². The largest absolute Gasteiger partial charge is 0.342 e. The zero-order valence-corrected chi connectivity index (χ0v) is 6.94. The minimum atomic E-state index is -0.121. The quantitative estimate of drug-likeness (QED) is 0.614. The predicted octanol–water partition coefficient (Wildman–Crippen LogP) is 0.815. The number of hydrogen-bond donors (Lipinski definition) is 2. The highest BCUT2D eigenvalue weighted by molar-refractivity contribution is 7.71. The first kappa shape index (κ1) is 6.84. The van der Waals surface area contributed by atoms with Gasteiger partial charge in [0, 0.05) is 6.04 Å². The smallest absolute Gasteiger partial charge is 0.272 e. The molecule has 0 saturated heterocycles. The second kappa shape index (κ2) is 2.07. The van der Waals surface area contributed by atoms with Crippen molar-refractivity contribution in [3.63, 3.8) is 0 Å². The van der Waals surface area contributed by atoms with Gasteiger partial charge in [-0.25, -0.2) is 9.89 Å². The third kappa shape index (κ3) is 0.956. The molecule has 1 aromatic rings. The van der Waals surface area contributed by atoms with Crippen molar-refractivity contribution in [1.82, 2.24) is 14.8 Å². The molecule has 5 heteroatoms. The van der Waals surface area contributed by atoms with Gasteiger partial charge in [0.1, 0.15) is 0 Å². The van der Waals surface area contributed by atoms with Crippen LogP contribution in [0.15, 0.2) is 4.79 Å². The van der Waals surface area contributed by atoms with Crippen molar-refractivity contribution in [1.29, 1.82) is 0 Å². The maximum Gasteiger partial charge on any atom is 0.342 e. The van der Waals surface area contributed by atoms with E-state index < -0.39 is 0 Å². The van der Waals surface area contributed by atoms with Gasteiger partial charge in [-0.15, -0.1) is 0 Å². The normalized spacial score (nSPS) is 28.8. The van der Waals surface area contributed by atoms with Gasteiger partial charge in [-0.2, -0.15) is 0 Å². The van der Waals surface area contributed by atoms with Gasteiger partial charge >= 0.3 is 5.69 Å². The van der Waals surface area contributed by atoms with E-state index in [9.17, 15) is 4.79 Å². The Labute approximate surface area is 68.2 Å². The number of nitrogens with zero attached hydrogens (tertiary/aromatic N) is 1. The molecule has 60 valence electrons. The molecule has 2 rings (SSSR count). The van der Waals surface area contributed by atoms with Crippen LogP contribution in [-0.4, -0.2) is 14.8 Å². The molecule has 1 aromatic heterocycles. The Bertz CT molecular complexity index is 346. The summed E-state index contributed by atoms with van der Waals surface area (Å²) in [5.74, 6) is 0.596. The summed E-state index contributed by atoms with van der Waals surface area (Å²) in [5.41, 5.74) is -0.121. The third-order valence-electron chi connectivity index (χ3n) is 2.11. The van der Waals surface area contributed by atoms with Crippen molar-refractivity contribution in [3.8, 4) is 0 Å². The molecule has 1 aliphatic carbocycles. The molecule has 0 aromatic carbocycles. The number of nitrogens with one attached hydrogen (secondary N) is 2. The predicted molar refractivity (Wildman–Crippen MR) is 43.1 cm³/mol. The number of aromatic amines is 2. The Hall–Kier alpha value is -0.840. The molecule has 0 spiro atoms. The van der Waals surface area contributed by atoms with Crippen LogP contribution in [0.5, 0.6) is 0 Å². The Kier molecular flexibility index (Phi) is 1.29. The van der Waals surface area contributed by atoms with Crippen LogP contribution in [0, 0.1) is 10.7 Å². The molecule has 1 heterocycles. The topological polar surface area (TPSA) is 53.6 Å². The summed E-state index contributed by atoms with van der Waals surface area (Å²) >= 11 is 4.92. The van der Waals surface area contributed by atoms with Crippen LogP contribution in [-0.2, 0) is 0 Å². The molecule has 4 nitrogen and oxygen atoms in total. The minimum Gasteiger partial charge on any atom is -0.272 e. The molecule has 1 saturated carbocycles. The standard InChI is InChI=1S/C6H9N3OS/c1-3-2-4(3)9-5(10)7-8-6(9)11/h3-4H,2H2,1H3,(H,7,10)(H,8,11). The Morgan fingerprint density at radius 2 is 2.27 bits per heavy atom. The van der Waals surface area contributed by atoms with Crippen molar-refractivity contribution >= 4 is 12.2 Å². The van der Waals surface area contributed by atoms with E-state index in [4.69, 9.17) is 12.2 Å². The van der Waals surface area contributed by atoms with Crippen LogP contribution >= 0.6 is 12.2 Å². The lowest BCUT2D eigenvalue weighted by Crippen LogP contribution is -2.16. The van der Waals surface area contributed by atoms with Gasteiger partial charge in [0.05, 0.1) is 0 Å². The molecule has 0 radical (unpaired) electrons. The molecule has 0 aliphatic heterocycles. The SMILES string of the molecule is CC1CC1n1c(=O)[nH][nH]c1=S. The minimum absolute atomic E-state index is 0.121. The maximum atomic E-state index is 11.1. The van der Waals surface area contributed by atoms with Crippen LogP contribution in [0.3, 0.4) is 0 Å². The number of hydrogen-bond acceptors (Lipinski definition) is 2. The molecular weight excluding hydrogens is 162 g/mol. The summed E-state index contributed by atoms with van der Waals surface area (Å²) in [7, 11) is 0. The Morgan fingerprint density at radius 1 is 1.64 bits per heavy atom. The highest BCUT2D eigenvalue weighted by atomic mass is 32.1. The highest BCUT2D eigenvalue weighted by Crippen LogP contribution is 2.41. The van der Waals surface area contributed by atoms with Gasteiger partial charge < -0.3 is 0 Å². The van der Waals surface area contributed by atoms with Gasteiger partial charge in [-0.3, -0.25) is 9.67 Å². The van der Waals surface area contributed by atoms with E-state index in [1.54, 1.807) is 4.57 Å². The first-order valence-corrected chi connectivity index (χ1v) is 4.00. The zero-order valence-electron chi connectivity index (χ0n) is 6.13. The summed E-state index contributed by atoms with van der Waals surface area (Å²) in [6.45, 7) is 2.11. The van der Waals surface area contributed by atoms with E-state index in [1.165, 1.54) is 0 Å². The fraction of sp³-hybridized carbons (Fsp3) is 0.667. The molecule has 11 heavy (non-hydrogen) atoms. The van der Waals surface area contributed by atoms with Crippen LogP contribution in [0.4, 0.5) is 0 Å². The number of H-pyrrole nitrogens is 2. The fourth-order valence-electron chi connectivity index (χ4n) is 1.28. The van der Waals surface area contributed by atoms with E-state index >= 15 is 0 Å². The Balaban J connectivity index is 2.52. The van der Waals surface area contributed by atoms with Crippen molar-refractivity contribution in [3.05, 3.63) is 15.3 Å². The molecule has 2 atom stereocenters. The van der Waals surface area contributed by atoms with Crippen LogP contribution in [0.1, 0.15) is 19.4 Å². The third-order valence-corrected chi connectivity index (χ3v) is 2.41. The van der Waals surface area contributed by atoms with Gasteiger partial charge in [-0.05, 0) is 24.6 Å². The lowest BCUT2D eigenvalue weighted by atomic mass is 10.5. The zero-order chi connectivity index (χ0) is 8.01. The van der Waals surface area contributed by atoms with E-state index in [2.05, 4.69) is 17.1 Å². The van der Waals surface area contributed by atoms with Crippen LogP contribution < -0.4 is 5.69 Å². The van der Waals surface area contributed by atoms with Gasteiger partial charge in [0.25, 0.3) is 0 Å².